The maximum absolute atomic E-state index is 13.1. The zero-order chi connectivity index (χ0) is 13.1. The Morgan fingerprint density at radius 1 is 0.842 bits per heavy atom. The molecule has 4 aliphatic rings. The van der Waals surface area contributed by atoms with Crippen molar-refractivity contribution in [3.05, 3.63) is 30.3 Å². The van der Waals surface area contributed by atoms with Crippen LogP contribution in [0.2, 0.25) is 0 Å². The van der Waals surface area contributed by atoms with Gasteiger partial charge in [0.2, 0.25) is 0 Å². The Bertz CT molecular complexity index is 553. The van der Waals surface area contributed by atoms with Crippen molar-refractivity contribution >= 4 is 9.84 Å². The molecule has 5 rings (SSSR count). The van der Waals surface area contributed by atoms with Crippen molar-refractivity contribution in [3.8, 4) is 0 Å². The van der Waals surface area contributed by atoms with Gasteiger partial charge in [0.1, 0.15) is 0 Å². The first kappa shape index (κ1) is 12.0. The molecule has 0 saturated heterocycles. The van der Waals surface area contributed by atoms with Gasteiger partial charge in [-0.1, -0.05) is 18.2 Å². The molecule has 19 heavy (non-hydrogen) atoms. The fourth-order valence-corrected chi connectivity index (χ4v) is 7.59. The summed E-state index contributed by atoms with van der Waals surface area (Å²) < 4.78 is 25.7. The Morgan fingerprint density at radius 2 is 1.32 bits per heavy atom. The largest absolute Gasteiger partial charge is 0.223 e. The first-order chi connectivity index (χ1) is 9.09. The summed E-state index contributed by atoms with van der Waals surface area (Å²) in [6.07, 6.45) is 6.58. The number of rotatable bonds is 2. The third-order valence-electron chi connectivity index (χ3n) is 5.61. The van der Waals surface area contributed by atoms with E-state index in [2.05, 4.69) is 0 Å². The van der Waals surface area contributed by atoms with E-state index in [1.165, 1.54) is 19.3 Å². The van der Waals surface area contributed by atoms with Gasteiger partial charge >= 0.3 is 0 Å². The van der Waals surface area contributed by atoms with Crippen LogP contribution in [-0.2, 0) is 9.84 Å². The van der Waals surface area contributed by atoms with Gasteiger partial charge in [0.15, 0.2) is 9.84 Å². The monoisotopic (exact) mass is 276 g/mol. The first-order valence-electron chi connectivity index (χ1n) is 7.39. The Morgan fingerprint density at radius 3 is 1.79 bits per heavy atom. The molecule has 2 nitrogen and oxygen atoms in total. The first-order valence-corrected chi connectivity index (χ1v) is 8.87. The highest BCUT2D eigenvalue weighted by Gasteiger charge is 2.57. The molecule has 4 fully saturated rings. The van der Waals surface area contributed by atoms with Crippen LogP contribution in [0.1, 0.15) is 38.5 Å². The zero-order valence-corrected chi connectivity index (χ0v) is 11.9. The number of hydrogen-bond donors (Lipinski definition) is 0. The van der Waals surface area contributed by atoms with E-state index in [4.69, 9.17) is 0 Å². The summed E-state index contributed by atoms with van der Waals surface area (Å²) in [6.45, 7) is 0. The molecule has 1 aromatic rings. The van der Waals surface area contributed by atoms with E-state index in [0.29, 0.717) is 22.6 Å². The summed E-state index contributed by atoms with van der Waals surface area (Å²) in [4.78, 5) is 0.539. The summed E-state index contributed by atoms with van der Waals surface area (Å²) in [5, 5.41) is 0. The van der Waals surface area contributed by atoms with E-state index in [0.717, 1.165) is 19.3 Å². The molecule has 0 heterocycles. The van der Waals surface area contributed by atoms with Gasteiger partial charge in [-0.05, 0) is 68.4 Å². The van der Waals surface area contributed by atoms with Gasteiger partial charge in [0.05, 0.1) is 9.64 Å². The topological polar surface area (TPSA) is 34.1 Å². The lowest BCUT2D eigenvalue weighted by atomic mass is 9.56. The summed E-state index contributed by atoms with van der Waals surface area (Å²) in [6, 6.07) is 9.11. The molecule has 0 aliphatic heterocycles. The van der Waals surface area contributed by atoms with Crippen LogP contribution < -0.4 is 0 Å². The Kier molecular flexibility index (Phi) is 2.42. The average Bonchev–Trinajstić information content (AvgIpc) is 2.38. The molecule has 0 N–H and O–H groups in total. The minimum Gasteiger partial charge on any atom is -0.223 e. The van der Waals surface area contributed by atoms with Crippen molar-refractivity contribution in [2.75, 3.05) is 0 Å². The van der Waals surface area contributed by atoms with E-state index >= 15 is 0 Å². The molecule has 3 heteroatoms. The minimum absolute atomic E-state index is 0.427. The second-order valence-corrected chi connectivity index (χ2v) is 9.26. The van der Waals surface area contributed by atoms with Crippen LogP contribution in [0, 0.1) is 17.8 Å². The van der Waals surface area contributed by atoms with Crippen molar-refractivity contribution in [2.24, 2.45) is 17.8 Å². The highest BCUT2D eigenvalue weighted by molar-refractivity contribution is 7.92. The van der Waals surface area contributed by atoms with Gasteiger partial charge in [0, 0.05) is 0 Å². The second-order valence-electron chi connectivity index (χ2n) is 6.92. The van der Waals surface area contributed by atoms with Crippen LogP contribution in [0.3, 0.4) is 0 Å². The summed E-state index contributed by atoms with van der Waals surface area (Å²) in [5.74, 6) is 2.01. The Balaban J connectivity index is 1.80. The molecule has 0 radical (unpaired) electrons. The van der Waals surface area contributed by atoms with Crippen molar-refractivity contribution < 1.29 is 8.42 Å². The van der Waals surface area contributed by atoms with Crippen LogP contribution >= 0.6 is 0 Å². The highest BCUT2D eigenvalue weighted by atomic mass is 32.2. The van der Waals surface area contributed by atoms with Gasteiger partial charge < -0.3 is 0 Å². The van der Waals surface area contributed by atoms with Gasteiger partial charge in [0.25, 0.3) is 0 Å². The van der Waals surface area contributed by atoms with Gasteiger partial charge in [-0.3, -0.25) is 0 Å². The Hall–Kier alpha value is -0.830. The third kappa shape index (κ3) is 1.63. The maximum atomic E-state index is 13.1. The number of sulfone groups is 1. The molecular weight excluding hydrogens is 256 g/mol. The van der Waals surface area contributed by atoms with Crippen molar-refractivity contribution in [1.29, 1.82) is 0 Å². The summed E-state index contributed by atoms with van der Waals surface area (Å²) in [7, 11) is -3.16. The SMILES string of the molecule is O=S(=O)(c1ccccc1)C12CC3CC(CC(C3)C1)C2. The average molecular weight is 276 g/mol. The highest BCUT2D eigenvalue weighted by Crippen LogP contribution is 2.59. The molecule has 1 aromatic carbocycles. The van der Waals surface area contributed by atoms with E-state index in [1.807, 2.05) is 18.2 Å². The smallest absolute Gasteiger partial charge is 0.184 e. The lowest BCUT2D eigenvalue weighted by molar-refractivity contribution is 0.0339. The van der Waals surface area contributed by atoms with Crippen molar-refractivity contribution in [3.63, 3.8) is 0 Å². The molecule has 0 aromatic heterocycles. The summed E-state index contributed by atoms with van der Waals surface area (Å²) >= 11 is 0. The molecule has 0 unspecified atom stereocenters. The molecular formula is C16H20O2S. The fraction of sp³-hybridized carbons (Fsp3) is 0.625. The van der Waals surface area contributed by atoms with E-state index in [-0.39, 0.29) is 0 Å². The minimum atomic E-state index is -3.16. The van der Waals surface area contributed by atoms with Gasteiger partial charge in [-0.2, -0.15) is 0 Å². The van der Waals surface area contributed by atoms with Crippen LogP contribution in [0.4, 0.5) is 0 Å². The lowest BCUT2D eigenvalue weighted by Gasteiger charge is -2.55. The predicted molar refractivity (Wildman–Crippen MR) is 74.5 cm³/mol. The van der Waals surface area contributed by atoms with Gasteiger partial charge in [-0.25, -0.2) is 8.42 Å². The maximum Gasteiger partial charge on any atom is 0.184 e. The van der Waals surface area contributed by atoms with E-state index < -0.39 is 14.6 Å². The van der Waals surface area contributed by atoms with Crippen LogP contribution in [0.5, 0.6) is 0 Å². The van der Waals surface area contributed by atoms with Crippen LogP contribution in [-0.4, -0.2) is 13.2 Å². The molecule has 4 aliphatic carbocycles. The predicted octanol–water partition coefficient (Wildman–Crippen LogP) is 3.43. The third-order valence-corrected chi connectivity index (χ3v) is 8.14. The van der Waals surface area contributed by atoms with Crippen molar-refractivity contribution in [1.82, 2.24) is 0 Å². The van der Waals surface area contributed by atoms with Crippen LogP contribution in [0.25, 0.3) is 0 Å². The van der Waals surface area contributed by atoms with Crippen molar-refractivity contribution in [2.45, 2.75) is 48.2 Å². The van der Waals surface area contributed by atoms with E-state index in [9.17, 15) is 8.42 Å². The molecule has 0 spiro atoms. The number of benzene rings is 1. The standard InChI is InChI=1S/C16H20O2S/c17-19(18,15-4-2-1-3-5-15)16-9-12-6-13(10-16)8-14(7-12)11-16/h1-5,12-14H,6-11H2. The molecule has 0 amide bonds. The Labute approximate surface area is 115 Å². The van der Waals surface area contributed by atoms with Crippen LogP contribution in [0.15, 0.2) is 35.2 Å². The van der Waals surface area contributed by atoms with E-state index in [1.54, 1.807) is 12.1 Å². The lowest BCUT2D eigenvalue weighted by Crippen LogP contribution is -2.54. The molecule has 4 bridgehead atoms. The van der Waals surface area contributed by atoms with Gasteiger partial charge in [-0.15, -0.1) is 0 Å². The zero-order valence-electron chi connectivity index (χ0n) is 11.1. The fourth-order valence-electron chi connectivity index (χ4n) is 5.21. The molecule has 0 atom stereocenters. The second kappa shape index (κ2) is 3.85. The quantitative estimate of drug-likeness (QED) is 0.829. The normalized spacial score (nSPS) is 40.5. The number of hydrogen-bond acceptors (Lipinski definition) is 2. The molecule has 102 valence electrons. The molecule has 4 saturated carbocycles. The summed E-state index contributed by atoms with van der Waals surface area (Å²) in [5.41, 5.74) is 0.